The van der Waals surface area contributed by atoms with E-state index in [2.05, 4.69) is 32.3 Å². The van der Waals surface area contributed by atoms with E-state index in [9.17, 15) is 4.79 Å². The highest BCUT2D eigenvalue weighted by Crippen LogP contribution is 2.60. The van der Waals surface area contributed by atoms with E-state index in [0.717, 1.165) is 91.6 Å². The number of nitrogens with one attached hydrogen (secondary N) is 1. The number of rotatable bonds is 4. The van der Waals surface area contributed by atoms with Gasteiger partial charge in [0.1, 0.15) is 12.1 Å². The van der Waals surface area contributed by atoms with Gasteiger partial charge in [-0.2, -0.15) is 0 Å². The molecule has 172 valence electrons. The summed E-state index contributed by atoms with van der Waals surface area (Å²) in [6, 6.07) is 6.14. The molecule has 4 bridgehead atoms. The van der Waals surface area contributed by atoms with E-state index in [1.165, 1.54) is 24.8 Å². The van der Waals surface area contributed by atoms with Crippen LogP contribution in [0.3, 0.4) is 0 Å². The number of hydrogen-bond acceptors (Lipinski definition) is 6. The molecular weight excluding hydrogens is 416 g/mol. The van der Waals surface area contributed by atoms with Crippen molar-refractivity contribution in [2.45, 2.75) is 58.0 Å². The first kappa shape index (κ1) is 19.8. The Bertz CT molecular complexity index is 1080. The molecule has 0 atom stereocenters. The third kappa shape index (κ3) is 3.39. The van der Waals surface area contributed by atoms with Gasteiger partial charge in [-0.3, -0.25) is 9.69 Å². The molecule has 3 heterocycles. The second-order valence-electron chi connectivity index (χ2n) is 10.9. The summed E-state index contributed by atoms with van der Waals surface area (Å²) in [4.78, 5) is 25.0. The lowest BCUT2D eigenvalue weighted by Crippen LogP contribution is -2.52. The van der Waals surface area contributed by atoms with Crippen LogP contribution in [0.4, 0.5) is 5.82 Å². The van der Waals surface area contributed by atoms with Crippen molar-refractivity contribution >= 4 is 11.7 Å². The van der Waals surface area contributed by atoms with Gasteiger partial charge >= 0.3 is 0 Å². The summed E-state index contributed by atoms with van der Waals surface area (Å²) in [7, 11) is 0. The van der Waals surface area contributed by atoms with Crippen molar-refractivity contribution in [1.82, 2.24) is 14.9 Å². The molecule has 2 aliphatic heterocycles. The number of ether oxygens (including phenoxy) is 2. The number of aromatic nitrogens is 2. The zero-order valence-corrected chi connectivity index (χ0v) is 18.9. The van der Waals surface area contributed by atoms with Crippen LogP contribution in [-0.2, 0) is 24.3 Å². The predicted molar refractivity (Wildman–Crippen MR) is 122 cm³/mol. The van der Waals surface area contributed by atoms with E-state index in [4.69, 9.17) is 9.47 Å². The Kier molecular flexibility index (Phi) is 4.44. The summed E-state index contributed by atoms with van der Waals surface area (Å²) in [6.45, 7) is 2.79. The molecule has 33 heavy (non-hydrogen) atoms. The van der Waals surface area contributed by atoms with Crippen molar-refractivity contribution in [2.75, 3.05) is 18.7 Å². The highest BCUT2D eigenvalue weighted by molar-refractivity contribution is 5.95. The minimum absolute atomic E-state index is 0.160. The molecular formula is C26H30N4O3. The Hall–Kier alpha value is -2.67. The van der Waals surface area contributed by atoms with Crippen molar-refractivity contribution in [3.05, 3.63) is 41.3 Å². The van der Waals surface area contributed by atoms with Crippen LogP contribution in [-0.4, -0.2) is 34.1 Å². The van der Waals surface area contributed by atoms with Gasteiger partial charge in [0.05, 0.1) is 11.1 Å². The quantitative estimate of drug-likeness (QED) is 0.767. The lowest BCUT2D eigenvalue weighted by molar-refractivity contribution is -0.140. The Labute approximate surface area is 193 Å². The first-order valence-corrected chi connectivity index (χ1v) is 12.4. The van der Waals surface area contributed by atoms with Gasteiger partial charge in [0, 0.05) is 25.2 Å². The Morgan fingerprint density at radius 1 is 1.06 bits per heavy atom. The number of amides is 1. The zero-order valence-electron chi connectivity index (χ0n) is 18.9. The van der Waals surface area contributed by atoms with Crippen LogP contribution in [0.15, 0.2) is 24.5 Å². The number of carbonyl (C=O) groups excluding carboxylic acids is 1. The average Bonchev–Trinajstić information content (AvgIpc) is 3.26. The van der Waals surface area contributed by atoms with Crippen molar-refractivity contribution in [1.29, 1.82) is 0 Å². The van der Waals surface area contributed by atoms with Gasteiger partial charge in [-0.15, -0.1) is 0 Å². The zero-order chi connectivity index (χ0) is 22.0. The van der Waals surface area contributed by atoms with Crippen molar-refractivity contribution in [3.63, 3.8) is 0 Å². The third-order valence-electron chi connectivity index (χ3n) is 8.68. The minimum atomic E-state index is -0.160. The highest BCUT2D eigenvalue weighted by Gasteiger charge is 2.54. The van der Waals surface area contributed by atoms with Crippen LogP contribution in [0.25, 0.3) is 0 Å². The molecule has 0 radical (unpaired) electrons. The maximum atomic E-state index is 13.5. The van der Waals surface area contributed by atoms with Crippen LogP contribution in [0.1, 0.15) is 55.3 Å². The maximum Gasteiger partial charge on any atom is 0.231 e. The van der Waals surface area contributed by atoms with E-state index in [-0.39, 0.29) is 11.3 Å². The molecule has 2 aromatic rings. The van der Waals surface area contributed by atoms with E-state index in [1.54, 1.807) is 6.33 Å². The molecule has 7 nitrogen and oxygen atoms in total. The summed E-state index contributed by atoms with van der Waals surface area (Å²) < 4.78 is 10.9. The van der Waals surface area contributed by atoms with Crippen LogP contribution < -0.4 is 14.8 Å². The fourth-order valence-electron chi connectivity index (χ4n) is 7.58. The van der Waals surface area contributed by atoms with Gasteiger partial charge in [-0.05, 0) is 80.4 Å². The second kappa shape index (κ2) is 7.42. The lowest BCUT2D eigenvalue weighted by atomic mass is 9.49. The van der Waals surface area contributed by atoms with E-state index in [0.29, 0.717) is 6.79 Å². The Morgan fingerprint density at radius 2 is 1.82 bits per heavy atom. The molecule has 6 aliphatic rings. The topological polar surface area (TPSA) is 76.6 Å². The summed E-state index contributed by atoms with van der Waals surface area (Å²) in [6.07, 6.45) is 9.69. The van der Waals surface area contributed by atoms with Gasteiger partial charge < -0.3 is 14.8 Å². The number of hydrogen-bond donors (Lipinski definition) is 1. The van der Waals surface area contributed by atoms with Crippen LogP contribution in [0.2, 0.25) is 0 Å². The van der Waals surface area contributed by atoms with Crippen LogP contribution in [0, 0.1) is 23.2 Å². The monoisotopic (exact) mass is 446 g/mol. The fraction of sp³-hybridized carbons (Fsp3) is 0.577. The molecule has 0 unspecified atom stereocenters. The van der Waals surface area contributed by atoms with Crippen molar-refractivity contribution in [3.8, 4) is 11.5 Å². The minimum Gasteiger partial charge on any atom is -0.454 e. The number of anilines is 1. The lowest BCUT2D eigenvalue weighted by Gasteiger charge is -2.55. The van der Waals surface area contributed by atoms with E-state index < -0.39 is 0 Å². The standard InChI is InChI=1S/C26H30N4O3/c31-25(26-9-17-5-18(10-26)7-19(6-17)11-26)29-24-20-3-4-30(13-21(20)27-14-28-24)12-16-1-2-22-23(8-16)33-15-32-22/h1-2,8,14,17-19H,3-7,9-13,15H2,(H,27,28,29,31). The molecule has 1 N–H and O–H groups in total. The molecule has 0 spiro atoms. The van der Waals surface area contributed by atoms with Gasteiger partial charge in [0.15, 0.2) is 11.5 Å². The molecule has 4 fully saturated rings. The summed E-state index contributed by atoms with van der Waals surface area (Å²) in [5.41, 5.74) is 3.18. The first-order chi connectivity index (χ1) is 16.1. The number of fused-ring (bicyclic) bond motifs is 2. The van der Waals surface area contributed by atoms with E-state index >= 15 is 0 Å². The van der Waals surface area contributed by atoms with Gasteiger partial charge in [0.25, 0.3) is 0 Å². The molecule has 8 rings (SSSR count). The number of nitrogens with zero attached hydrogens (tertiary/aromatic N) is 3. The maximum absolute atomic E-state index is 13.5. The summed E-state index contributed by atoms with van der Waals surface area (Å²) in [5.74, 6) is 4.86. The molecule has 7 heteroatoms. The number of carbonyl (C=O) groups is 1. The molecule has 1 aromatic carbocycles. The third-order valence-corrected chi connectivity index (χ3v) is 8.68. The highest BCUT2D eigenvalue weighted by atomic mass is 16.7. The molecule has 0 saturated heterocycles. The number of benzene rings is 1. The largest absolute Gasteiger partial charge is 0.454 e. The molecule has 4 aliphatic carbocycles. The smallest absolute Gasteiger partial charge is 0.231 e. The van der Waals surface area contributed by atoms with Crippen molar-refractivity contribution in [2.24, 2.45) is 23.2 Å². The van der Waals surface area contributed by atoms with E-state index in [1.807, 2.05) is 6.07 Å². The molecule has 1 amide bonds. The van der Waals surface area contributed by atoms with Crippen LogP contribution >= 0.6 is 0 Å². The van der Waals surface area contributed by atoms with Gasteiger partial charge in [0.2, 0.25) is 12.7 Å². The Morgan fingerprint density at radius 3 is 2.61 bits per heavy atom. The average molecular weight is 447 g/mol. The predicted octanol–water partition coefficient (Wildman–Crippen LogP) is 3.92. The van der Waals surface area contributed by atoms with Gasteiger partial charge in [-0.25, -0.2) is 9.97 Å². The molecule has 1 aromatic heterocycles. The fourth-order valence-corrected chi connectivity index (χ4v) is 7.58. The first-order valence-electron chi connectivity index (χ1n) is 12.4. The van der Waals surface area contributed by atoms with Gasteiger partial charge in [-0.1, -0.05) is 6.07 Å². The summed E-state index contributed by atoms with van der Waals surface area (Å²) >= 11 is 0. The second-order valence-corrected chi connectivity index (χ2v) is 10.9. The Balaban J connectivity index is 1.07. The SMILES string of the molecule is O=C(Nc1ncnc2c1CCN(Cc1ccc3c(c1)OCO3)C2)C12CC3CC(CC(C3)C1)C2. The summed E-state index contributed by atoms with van der Waals surface area (Å²) in [5, 5.41) is 3.28. The van der Waals surface area contributed by atoms with Crippen LogP contribution in [0.5, 0.6) is 11.5 Å². The molecule has 4 saturated carbocycles. The van der Waals surface area contributed by atoms with Crippen molar-refractivity contribution < 1.29 is 14.3 Å². The normalized spacial score (nSPS) is 31.5.